The minimum atomic E-state index is -0.712. The van der Waals surface area contributed by atoms with Crippen molar-refractivity contribution in [2.45, 2.75) is 50.5 Å². The quantitative estimate of drug-likeness (QED) is 0.362. The molecule has 1 aromatic heterocycles. The van der Waals surface area contributed by atoms with E-state index in [0.29, 0.717) is 0 Å². The fourth-order valence-corrected chi connectivity index (χ4v) is 5.32. The molecule has 5 heteroatoms. The molecular weight excluding hydrogens is 423 g/mol. The van der Waals surface area contributed by atoms with Crippen LogP contribution in [-0.4, -0.2) is 14.9 Å². The molecule has 3 nitrogen and oxygen atoms in total. The molecule has 1 fully saturated rings. The lowest BCUT2D eigenvalue weighted by Gasteiger charge is -2.42. The Kier molecular flexibility index (Phi) is 5.52. The maximum Gasteiger partial charge on any atom is 0.141 e. The Bertz CT molecular complexity index is 1260. The maximum absolute atomic E-state index is 13.8. The normalized spacial score (nSPS) is 16.9. The number of aryl methyl sites for hydroxylation is 1. The third-order valence-corrected chi connectivity index (χ3v) is 7.24. The zero-order chi connectivity index (χ0) is 22.3. The van der Waals surface area contributed by atoms with Crippen molar-refractivity contribution in [3.8, 4) is 5.69 Å². The molecular formula is C27H26ClFN2O. The summed E-state index contributed by atoms with van der Waals surface area (Å²) in [5.41, 5.74) is 4.48. The van der Waals surface area contributed by atoms with E-state index in [1.54, 1.807) is 12.1 Å². The van der Waals surface area contributed by atoms with Crippen molar-refractivity contribution < 1.29 is 9.50 Å². The Hall–Kier alpha value is -2.69. The van der Waals surface area contributed by atoms with Gasteiger partial charge in [-0.25, -0.2) is 9.07 Å². The van der Waals surface area contributed by atoms with Crippen LogP contribution in [0.2, 0.25) is 5.02 Å². The number of hydrogen-bond donors (Lipinski definition) is 1. The molecule has 0 saturated heterocycles. The molecule has 1 saturated carbocycles. The number of halogens is 2. The Labute approximate surface area is 192 Å². The molecule has 0 spiro atoms. The van der Waals surface area contributed by atoms with Crippen LogP contribution in [0.4, 0.5) is 4.39 Å². The average molecular weight is 449 g/mol. The summed E-state index contributed by atoms with van der Waals surface area (Å²) >= 11 is 6.13. The van der Waals surface area contributed by atoms with Crippen molar-refractivity contribution in [2.75, 3.05) is 0 Å². The number of hydrogen-bond acceptors (Lipinski definition) is 2. The Morgan fingerprint density at radius 3 is 2.47 bits per heavy atom. The van der Waals surface area contributed by atoms with E-state index in [-0.39, 0.29) is 5.02 Å². The molecule has 1 N–H and O–H groups in total. The monoisotopic (exact) mass is 448 g/mol. The van der Waals surface area contributed by atoms with E-state index in [1.165, 1.54) is 11.6 Å². The van der Waals surface area contributed by atoms with Crippen molar-refractivity contribution in [1.82, 2.24) is 9.78 Å². The molecule has 4 aromatic rings. The first kappa shape index (κ1) is 21.2. The van der Waals surface area contributed by atoms with Gasteiger partial charge in [0.2, 0.25) is 0 Å². The second-order valence-electron chi connectivity index (χ2n) is 8.96. The van der Waals surface area contributed by atoms with Crippen molar-refractivity contribution >= 4 is 22.5 Å². The van der Waals surface area contributed by atoms with Gasteiger partial charge in [0.25, 0.3) is 0 Å². The second-order valence-corrected chi connectivity index (χ2v) is 9.37. The first-order chi connectivity index (χ1) is 15.5. The van der Waals surface area contributed by atoms with E-state index < -0.39 is 17.3 Å². The predicted molar refractivity (Wildman–Crippen MR) is 127 cm³/mol. The molecule has 1 atom stereocenters. The van der Waals surface area contributed by atoms with Crippen LogP contribution in [0.1, 0.15) is 54.9 Å². The Morgan fingerprint density at radius 1 is 1.00 bits per heavy atom. The lowest BCUT2D eigenvalue weighted by molar-refractivity contribution is 0.0529. The van der Waals surface area contributed by atoms with Gasteiger partial charge in [-0.3, -0.25) is 0 Å². The predicted octanol–water partition coefficient (Wildman–Crippen LogP) is 7.06. The molecule has 32 heavy (non-hydrogen) atoms. The van der Waals surface area contributed by atoms with E-state index in [0.717, 1.165) is 59.8 Å². The smallest absolute Gasteiger partial charge is 0.141 e. The molecule has 164 valence electrons. The summed E-state index contributed by atoms with van der Waals surface area (Å²) in [7, 11) is 0. The summed E-state index contributed by atoms with van der Waals surface area (Å²) in [5, 5.41) is 17.3. The molecule has 0 radical (unpaired) electrons. The highest BCUT2D eigenvalue weighted by Crippen LogP contribution is 2.49. The maximum atomic E-state index is 13.8. The van der Waals surface area contributed by atoms with Gasteiger partial charge >= 0.3 is 0 Å². The SMILES string of the molecule is Cc1ccc(-n2ncc3cc(C(O)C4(c5ccc(F)c(Cl)c5)CCCCC4)ccc32)cc1. The van der Waals surface area contributed by atoms with Crippen LogP contribution < -0.4 is 0 Å². The first-order valence-corrected chi connectivity index (χ1v) is 11.5. The Morgan fingerprint density at radius 2 is 1.75 bits per heavy atom. The van der Waals surface area contributed by atoms with Crippen LogP contribution in [0, 0.1) is 12.7 Å². The summed E-state index contributed by atoms with van der Waals surface area (Å²) < 4.78 is 15.8. The number of benzene rings is 3. The highest BCUT2D eigenvalue weighted by molar-refractivity contribution is 6.30. The van der Waals surface area contributed by atoms with Gasteiger partial charge in [0.1, 0.15) is 5.82 Å². The van der Waals surface area contributed by atoms with E-state index in [4.69, 9.17) is 11.6 Å². The topological polar surface area (TPSA) is 38.0 Å². The summed E-state index contributed by atoms with van der Waals surface area (Å²) in [4.78, 5) is 0. The fraction of sp³-hybridized carbons (Fsp3) is 0.296. The van der Waals surface area contributed by atoms with Gasteiger partial charge in [0.05, 0.1) is 28.5 Å². The van der Waals surface area contributed by atoms with Crippen molar-refractivity contribution in [1.29, 1.82) is 0 Å². The largest absolute Gasteiger partial charge is 0.387 e. The van der Waals surface area contributed by atoms with E-state index in [2.05, 4.69) is 36.3 Å². The second kappa shape index (κ2) is 8.34. The van der Waals surface area contributed by atoms with Crippen molar-refractivity contribution in [3.05, 3.63) is 94.4 Å². The van der Waals surface area contributed by atoms with Crippen LogP contribution in [0.25, 0.3) is 16.6 Å². The van der Waals surface area contributed by atoms with Crippen molar-refractivity contribution in [3.63, 3.8) is 0 Å². The zero-order valence-electron chi connectivity index (χ0n) is 18.1. The van der Waals surface area contributed by atoms with Crippen LogP contribution >= 0.6 is 11.6 Å². The molecule has 1 unspecified atom stereocenters. The molecule has 1 heterocycles. The number of aromatic nitrogens is 2. The third-order valence-electron chi connectivity index (χ3n) is 6.95. The molecule has 1 aliphatic rings. The van der Waals surface area contributed by atoms with Gasteiger partial charge in [-0.05, 0) is 67.3 Å². The minimum Gasteiger partial charge on any atom is -0.387 e. The van der Waals surface area contributed by atoms with Gasteiger partial charge in [0, 0.05) is 10.8 Å². The fourth-order valence-electron chi connectivity index (χ4n) is 5.14. The van der Waals surface area contributed by atoms with Crippen LogP contribution in [-0.2, 0) is 5.41 Å². The highest BCUT2D eigenvalue weighted by atomic mass is 35.5. The number of rotatable bonds is 4. The molecule has 5 rings (SSSR count). The van der Waals surface area contributed by atoms with Crippen molar-refractivity contribution in [2.24, 2.45) is 0 Å². The van der Waals surface area contributed by atoms with Crippen LogP contribution in [0.3, 0.4) is 0 Å². The van der Waals surface area contributed by atoms with E-state index in [1.807, 2.05) is 29.1 Å². The Balaban J connectivity index is 1.55. The summed E-state index contributed by atoms with van der Waals surface area (Å²) in [6.07, 6.45) is 6.02. The van der Waals surface area contributed by atoms with E-state index in [9.17, 15) is 9.50 Å². The van der Waals surface area contributed by atoms with E-state index >= 15 is 0 Å². The number of aliphatic hydroxyl groups excluding tert-OH is 1. The lowest BCUT2D eigenvalue weighted by Crippen LogP contribution is -2.36. The summed E-state index contributed by atoms with van der Waals surface area (Å²) in [6.45, 7) is 2.06. The van der Waals surface area contributed by atoms with Gasteiger partial charge in [-0.15, -0.1) is 0 Å². The van der Waals surface area contributed by atoms with Crippen LogP contribution in [0.15, 0.2) is 66.9 Å². The average Bonchev–Trinajstić information content (AvgIpc) is 3.24. The van der Waals surface area contributed by atoms with Gasteiger partial charge in [-0.2, -0.15) is 5.10 Å². The zero-order valence-corrected chi connectivity index (χ0v) is 18.8. The summed E-state index contributed by atoms with van der Waals surface area (Å²) in [5.74, 6) is -0.430. The van der Waals surface area contributed by atoms with Gasteiger partial charge < -0.3 is 5.11 Å². The number of fused-ring (bicyclic) bond motifs is 1. The molecule has 3 aromatic carbocycles. The molecule has 0 aliphatic heterocycles. The molecule has 0 amide bonds. The van der Waals surface area contributed by atoms with Crippen LogP contribution in [0.5, 0.6) is 0 Å². The van der Waals surface area contributed by atoms with Gasteiger partial charge in [0.15, 0.2) is 0 Å². The minimum absolute atomic E-state index is 0.106. The first-order valence-electron chi connectivity index (χ1n) is 11.2. The highest BCUT2D eigenvalue weighted by Gasteiger charge is 2.41. The lowest BCUT2D eigenvalue weighted by atomic mass is 9.64. The molecule has 1 aliphatic carbocycles. The standard InChI is InChI=1S/C27H26ClFN2O/c1-18-5-9-22(10-6-18)31-25-12-7-19(15-20(25)17-30-31)26(32)27(13-3-2-4-14-27)21-8-11-24(29)23(28)16-21/h5-12,15-17,26,32H,2-4,13-14H2,1H3. The number of aliphatic hydroxyl groups is 1. The summed E-state index contributed by atoms with van der Waals surface area (Å²) in [6, 6.07) is 19.2. The number of nitrogens with zero attached hydrogens (tertiary/aromatic N) is 2. The third kappa shape index (κ3) is 3.62. The van der Waals surface area contributed by atoms with Gasteiger partial charge in [-0.1, -0.05) is 60.7 Å². The molecule has 0 bridgehead atoms.